The molecule has 0 saturated heterocycles. The molecular formula is C61H123NO3. The summed E-state index contributed by atoms with van der Waals surface area (Å²) in [6, 6.07) is -0.532. The molecule has 0 bridgehead atoms. The first-order chi connectivity index (χ1) is 32.2. The highest BCUT2D eigenvalue weighted by atomic mass is 16.3. The normalized spacial score (nSPS) is 12.6. The van der Waals surface area contributed by atoms with Gasteiger partial charge < -0.3 is 15.5 Å². The summed E-state index contributed by atoms with van der Waals surface area (Å²) in [4.78, 5) is 12.5. The summed E-state index contributed by atoms with van der Waals surface area (Å²) in [5.41, 5.74) is 0. The maximum atomic E-state index is 12.5. The molecule has 0 saturated carbocycles. The summed E-state index contributed by atoms with van der Waals surface area (Å²) in [5, 5.41) is 23.4. The van der Waals surface area contributed by atoms with Gasteiger partial charge in [-0.1, -0.05) is 348 Å². The standard InChI is InChI=1S/C61H123NO3/c1-3-5-7-9-11-13-15-17-19-21-23-25-27-29-30-31-32-33-34-36-38-40-42-44-46-48-50-52-54-56-60(64)59(58-63)62-61(65)57-55-53-51-49-47-45-43-41-39-37-35-28-26-24-22-20-18-16-14-12-10-8-6-4-2/h59-60,63-64H,3-58H2,1-2H3,(H,62,65). The average Bonchev–Trinajstić information content (AvgIpc) is 3.31. The predicted octanol–water partition coefficient (Wildman–Crippen LogP) is 20.3. The zero-order valence-corrected chi connectivity index (χ0v) is 45.1. The van der Waals surface area contributed by atoms with Crippen LogP contribution in [0.4, 0.5) is 0 Å². The van der Waals surface area contributed by atoms with Gasteiger partial charge in [-0.3, -0.25) is 4.79 Å². The van der Waals surface area contributed by atoms with Gasteiger partial charge >= 0.3 is 0 Å². The number of carbonyl (C=O) groups excluding carboxylic acids is 1. The highest BCUT2D eigenvalue weighted by Gasteiger charge is 2.20. The second-order valence-electron chi connectivity index (χ2n) is 21.5. The second kappa shape index (κ2) is 57.7. The van der Waals surface area contributed by atoms with E-state index < -0.39 is 12.1 Å². The van der Waals surface area contributed by atoms with Crippen LogP contribution in [0.3, 0.4) is 0 Å². The van der Waals surface area contributed by atoms with Gasteiger partial charge in [-0.15, -0.1) is 0 Å². The third-order valence-electron chi connectivity index (χ3n) is 14.9. The minimum absolute atomic E-state index is 0.0209. The molecule has 0 radical (unpaired) electrons. The van der Waals surface area contributed by atoms with Gasteiger partial charge in [0.25, 0.3) is 0 Å². The summed E-state index contributed by atoms with van der Waals surface area (Å²) in [5.74, 6) is -0.0209. The SMILES string of the molecule is CCCCCCCCCCCCCCCCCCCCCCCCCCCCCCCC(O)C(CO)NC(=O)CCCCCCCCCCCCCCCCCCCCCCCCCC. The van der Waals surface area contributed by atoms with Crippen LogP contribution >= 0.6 is 0 Å². The van der Waals surface area contributed by atoms with E-state index in [4.69, 9.17) is 0 Å². The van der Waals surface area contributed by atoms with Crippen molar-refractivity contribution in [2.75, 3.05) is 6.61 Å². The van der Waals surface area contributed by atoms with Crippen LogP contribution in [-0.2, 0) is 4.79 Å². The number of aliphatic hydroxyl groups excluding tert-OH is 2. The zero-order chi connectivity index (χ0) is 47.0. The quantitative estimate of drug-likeness (QED) is 0.0533. The number of amides is 1. The van der Waals surface area contributed by atoms with Crippen molar-refractivity contribution in [3.05, 3.63) is 0 Å². The third kappa shape index (κ3) is 54.2. The van der Waals surface area contributed by atoms with Crippen LogP contribution in [0.1, 0.15) is 367 Å². The fraction of sp³-hybridized carbons (Fsp3) is 0.984. The van der Waals surface area contributed by atoms with E-state index in [1.165, 1.54) is 315 Å². The van der Waals surface area contributed by atoms with Gasteiger partial charge in [-0.05, 0) is 12.8 Å². The first-order valence-corrected chi connectivity index (χ1v) is 30.7. The molecule has 390 valence electrons. The van der Waals surface area contributed by atoms with Gasteiger partial charge in [0.2, 0.25) is 5.91 Å². The highest BCUT2D eigenvalue weighted by molar-refractivity contribution is 5.76. The molecule has 2 unspecified atom stereocenters. The van der Waals surface area contributed by atoms with Gasteiger partial charge in [0.15, 0.2) is 0 Å². The number of unbranched alkanes of at least 4 members (excludes halogenated alkanes) is 51. The van der Waals surface area contributed by atoms with Crippen LogP contribution in [0.25, 0.3) is 0 Å². The number of rotatable bonds is 58. The molecule has 0 aromatic rings. The first-order valence-electron chi connectivity index (χ1n) is 30.7. The minimum atomic E-state index is -0.655. The molecule has 0 aliphatic rings. The Labute approximate surface area is 410 Å². The molecule has 2 atom stereocenters. The lowest BCUT2D eigenvalue weighted by atomic mass is 10.0. The summed E-state index contributed by atoms with van der Waals surface area (Å²) in [6.45, 7) is 4.41. The zero-order valence-electron chi connectivity index (χ0n) is 45.1. The van der Waals surface area contributed by atoms with E-state index in [2.05, 4.69) is 19.2 Å². The minimum Gasteiger partial charge on any atom is -0.394 e. The van der Waals surface area contributed by atoms with E-state index in [0.717, 1.165) is 25.7 Å². The Balaban J connectivity index is 3.38. The fourth-order valence-corrected chi connectivity index (χ4v) is 10.2. The van der Waals surface area contributed by atoms with Crippen LogP contribution in [0.2, 0.25) is 0 Å². The highest BCUT2D eigenvalue weighted by Crippen LogP contribution is 2.19. The monoisotopic (exact) mass is 918 g/mol. The Bertz CT molecular complexity index is 864. The maximum Gasteiger partial charge on any atom is 0.220 e. The summed E-state index contributed by atoms with van der Waals surface area (Å²) < 4.78 is 0. The molecule has 3 N–H and O–H groups in total. The lowest BCUT2D eigenvalue weighted by Crippen LogP contribution is -2.45. The van der Waals surface area contributed by atoms with Gasteiger partial charge in [-0.25, -0.2) is 0 Å². The van der Waals surface area contributed by atoms with Crippen LogP contribution in [0, 0.1) is 0 Å². The Morgan fingerprint density at radius 1 is 0.308 bits per heavy atom. The maximum absolute atomic E-state index is 12.5. The van der Waals surface area contributed by atoms with Crippen LogP contribution < -0.4 is 5.32 Å². The van der Waals surface area contributed by atoms with Crippen molar-refractivity contribution < 1.29 is 15.0 Å². The van der Waals surface area contributed by atoms with E-state index >= 15 is 0 Å². The average molecular weight is 919 g/mol. The first kappa shape index (κ1) is 64.4. The Kier molecular flexibility index (Phi) is 57.2. The molecule has 0 fully saturated rings. The molecule has 0 aliphatic heterocycles. The van der Waals surface area contributed by atoms with Crippen molar-refractivity contribution in [1.29, 1.82) is 0 Å². The lowest BCUT2D eigenvalue weighted by molar-refractivity contribution is -0.123. The van der Waals surface area contributed by atoms with E-state index in [9.17, 15) is 15.0 Å². The predicted molar refractivity (Wildman–Crippen MR) is 290 cm³/mol. The molecule has 1 amide bonds. The molecule has 0 aromatic heterocycles. The van der Waals surface area contributed by atoms with Gasteiger partial charge in [-0.2, -0.15) is 0 Å². The lowest BCUT2D eigenvalue weighted by Gasteiger charge is -2.22. The van der Waals surface area contributed by atoms with Crippen LogP contribution in [0.5, 0.6) is 0 Å². The molecule has 0 aromatic carbocycles. The summed E-state index contributed by atoms with van der Waals surface area (Å²) in [7, 11) is 0. The van der Waals surface area contributed by atoms with Crippen molar-refractivity contribution in [2.24, 2.45) is 0 Å². The van der Waals surface area contributed by atoms with Crippen molar-refractivity contribution in [2.45, 2.75) is 379 Å². The van der Waals surface area contributed by atoms with E-state index in [0.29, 0.717) is 12.8 Å². The molecule has 4 nitrogen and oxygen atoms in total. The van der Waals surface area contributed by atoms with Crippen molar-refractivity contribution in [3.63, 3.8) is 0 Å². The summed E-state index contributed by atoms with van der Waals surface area (Å²) >= 11 is 0. The molecule has 0 heterocycles. The number of aliphatic hydroxyl groups is 2. The molecular weight excluding hydrogens is 795 g/mol. The number of hydrogen-bond acceptors (Lipinski definition) is 3. The van der Waals surface area contributed by atoms with Gasteiger partial charge in [0, 0.05) is 6.42 Å². The fourth-order valence-electron chi connectivity index (χ4n) is 10.2. The van der Waals surface area contributed by atoms with Crippen LogP contribution in [-0.4, -0.2) is 34.9 Å². The number of nitrogens with one attached hydrogen (secondary N) is 1. The number of hydrogen-bond donors (Lipinski definition) is 3. The second-order valence-corrected chi connectivity index (χ2v) is 21.5. The molecule has 0 rings (SSSR count). The topological polar surface area (TPSA) is 69.6 Å². The smallest absolute Gasteiger partial charge is 0.220 e. The van der Waals surface area contributed by atoms with Gasteiger partial charge in [0.05, 0.1) is 18.8 Å². The third-order valence-corrected chi connectivity index (χ3v) is 14.9. The molecule has 0 spiro atoms. The Morgan fingerprint density at radius 3 is 0.692 bits per heavy atom. The summed E-state index contributed by atoms with van der Waals surface area (Å²) in [6.07, 6.45) is 74.1. The van der Waals surface area contributed by atoms with E-state index in [1.54, 1.807) is 0 Å². The van der Waals surface area contributed by atoms with E-state index in [-0.39, 0.29) is 12.5 Å². The number of carbonyl (C=O) groups is 1. The van der Waals surface area contributed by atoms with Gasteiger partial charge in [0.1, 0.15) is 0 Å². The van der Waals surface area contributed by atoms with Crippen molar-refractivity contribution in [1.82, 2.24) is 5.32 Å². The molecule has 4 heteroatoms. The molecule has 65 heavy (non-hydrogen) atoms. The van der Waals surface area contributed by atoms with E-state index in [1.807, 2.05) is 0 Å². The van der Waals surface area contributed by atoms with Crippen molar-refractivity contribution >= 4 is 5.91 Å². The van der Waals surface area contributed by atoms with Crippen LogP contribution in [0.15, 0.2) is 0 Å². The van der Waals surface area contributed by atoms with Crippen molar-refractivity contribution in [3.8, 4) is 0 Å². The Hall–Kier alpha value is -0.610. The Morgan fingerprint density at radius 2 is 0.492 bits per heavy atom. The largest absolute Gasteiger partial charge is 0.394 e. The molecule has 0 aliphatic carbocycles.